The predicted octanol–water partition coefficient (Wildman–Crippen LogP) is 9.41. The van der Waals surface area contributed by atoms with Gasteiger partial charge in [-0.25, -0.2) is 0 Å². The van der Waals surface area contributed by atoms with Crippen molar-refractivity contribution in [2.75, 3.05) is 0 Å². The summed E-state index contributed by atoms with van der Waals surface area (Å²) in [6, 6.07) is 25.6. The highest BCUT2D eigenvalue weighted by atomic mass is 32.1. The highest BCUT2D eigenvalue weighted by Crippen LogP contribution is 2.33. The fourth-order valence-electron chi connectivity index (χ4n) is 4.70. The first-order valence-corrected chi connectivity index (χ1v) is 13.5. The highest BCUT2D eigenvalue weighted by Gasteiger charge is 2.02. The van der Waals surface area contributed by atoms with Crippen LogP contribution in [-0.2, 0) is 0 Å². The summed E-state index contributed by atoms with van der Waals surface area (Å²) in [4.78, 5) is 12.8. The van der Waals surface area contributed by atoms with Crippen molar-refractivity contribution in [3.63, 3.8) is 0 Å². The lowest BCUT2D eigenvalue weighted by molar-refractivity contribution is 1.44. The predicted molar refractivity (Wildman–Crippen MR) is 158 cm³/mol. The number of fused-ring (bicyclic) bond motifs is 8. The minimum atomic E-state index is 1.19. The van der Waals surface area contributed by atoms with Crippen molar-refractivity contribution < 1.29 is 0 Å². The van der Waals surface area contributed by atoms with E-state index >= 15 is 0 Å². The molecule has 0 saturated heterocycles. The number of benzene rings is 3. The normalized spacial score (nSPS) is 11.3. The van der Waals surface area contributed by atoms with Crippen LogP contribution in [0.1, 0.15) is 0 Å². The van der Waals surface area contributed by atoms with Gasteiger partial charge in [0.2, 0.25) is 0 Å². The Morgan fingerprint density at radius 2 is 0.833 bits per heavy atom. The second-order valence-corrected chi connectivity index (χ2v) is 10.5. The van der Waals surface area contributed by atoms with Crippen molar-refractivity contribution in [3.05, 3.63) is 108 Å². The van der Waals surface area contributed by atoms with Gasteiger partial charge in [0.25, 0.3) is 0 Å². The standard InChI is InChI=1S/2C10H8N2.C10H6S2/c1-3-11-9-6-10-8(2-4-12-10)5-7(1)9;2*1-2-8-4-6-12-10(8)9-7(1)3-5-11-9/h2*1-6,11-12H;1-6H. The van der Waals surface area contributed by atoms with E-state index in [-0.39, 0.29) is 0 Å². The lowest BCUT2D eigenvalue weighted by Crippen LogP contribution is -1.70. The summed E-state index contributed by atoms with van der Waals surface area (Å²) in [7, 11) is 0. The summed E-state index contributed by atoms with van der Waals surface area (Å²) in [5.74, 6) is 0. The lowest BCUT2D eigenvalue weighted by Gasteiger charge is -1.91. The zero-order valence-electron chi connectivity index (χ0n) is 19.2. The van der Waals surface area contributed by atoms with Crippen LogP contribution in [0.25, 0.3) is 63.8 Å². The number of aromatic amines is 4. The molecule has 9 rings (SSSR count). The van der Waals surface area contributed by atoms with Gasteiger partial charge >= 0.3 is 0 Å². The van der Waals surface area contributed by atoms with Crippen LogP contribution in [0.4, 0.5) is 0 Å². The third-order valence-electron chi connectivity index (χ3n) is 6.52. The van der Waals surface area contributed by atoms with Gasteiger partial charge in [-0.3, -0.25) is 0 Å². The maximum absolute atomic E-state index is 3.22. The Hall–Kier alpha value is -4.26. The largest absolute Gasteiger partial charge is 0.361 e. The SMILES string of the molecule is c1cc2cc3cc[nH]c3cc2[nH]1.c1cc2ccc3cc[nH]c3c2[nH]1.c1cc2ccc3ccsc3c2s1. The van der Waals surface area contributed by atoms with E-state index in [1.807, 2.05) is 47.5 Å². The third-order valence-corrected chi connectivity index (χ3v) is 8.54. The third kappa shape index (κ3) is 3.68. The molecule has 0 aliphatic heterocycles. The van der Waals surface area contributed by atoms with Gasteiger partial charge in [0, 0.05) is 57.4 Å². The number of hydrogen-bond acceptors (Lipinski definition) is 2. The molecule has 0 aliphatic rings. The van der Waals surface area contributed by atoms with Crippen LogP contribution in [0.15, 0.2) is 108 Å². The van der Waals surface area contributed by atoms with Gasteiger partial charge in [-0.05, 0) is 70.1 Å². The van der Waals surface area contributed by atoms with Gasteiger partial charge in [-0.15, -0.1) is 22.7 Å². The molecule has 0 radical (unpaired) electrons. The zero-order valence-corrected chi connectivity index (χ0v) is 20.8. The molecule has 0 atom stereocenters. The molecule has 0 unspecified atom stereocenters. The van der Waals surface area contributed by atoms with Crippen LogP contribution >= 0.6 is 22.7 Å². The summed E-state index contributed by atoms with van der Waals surface area (Å²) in [5, 5.41) is 12.1. The Bertz CT molecular complexity index is 1780. The van der Waals surface area contributed by atoms with Gasteiger partial charge in [0.15, 0.2) is 0 Å². The Morgan fingerprint density at radius 3 is 1.36 bits per heavy atom. The van der Waals surface area contributed by atoms with E-state index in [1.54, 1.807) is 0 Å². The summed E-state index contributed by atoms with van der Waals surface area (Å²) in [6.07, 6.45) is 7.85. The summed E-state index contributed by atoms with van der Waals surface area (Å²) in [6.45, 7) is 0. The summed E-state index contributed by atoms with van der Waals surface area (Å²) >= 11 is 3.66. The van der Waals surface area contributed by atoms with Gasteiger partial charge in [0.05, 0.1) is 20.4 Å². The molecule has 6 heterocycles. The molecule has 0 bridgehead atoms. The van der Waals surface area contributed by atoms with E-state index in [4.69, 9.17) is 0 Å². The topological polar surface area (TPSA) is 63.2 Å². The average molecular weight is 503 g/mol. The molecular weight excluding hydrogens is 480 g/mol. The van der Waals surface area contributed by atoms with Crippen LogP contribution in [-0.4, -0.2) is 19.9 Å². The number of nitrogens with one attached hydrogen (secondary N) is 4. The quantitative estimate of drug-likeness (QED) is 0.160. The lowest BCUT2D eigenvalue weighted by atomic mass is 10.2. The number of rotatable bonds is 0. The molecule has 0 spiro atoms. The highest BCUT2D eigenvalue weighted by molar-refractivity contribution is 7.25. The smallest absolute Gasteiger partial charge is 0.0699 e. The molecule has 174 valence electrons. The van der Waals surface area contributed by atoms with E-state index in [2.05, 4.69) is 103 Å². The van der Waals surface area contributed by atoms with Gasteiger partial charge in [0.1, 0.15) is 0 Å². The molecule has 9 aromatic rings. The van der Waals surface area contributed by atoms with Crippen molar-refractivity contribution in [3.8, 4) is 0 Å². The number of H-pyrrole nitrogens is 4. The Labute approximate surface area is 214 Å². The minimum absolute atomic E-state index is 1.19. The zero-order chi connectivity index (χ0) is 23.9. The van der Waals surface area contributed by atoms with Crippen LogP contribution in [0.2, 0.25) is 0 Å². The number of thiophene rings is 2. The van der Waals surface area contributed by atoms with E-state index in [0.29, 0.717) is 0 Å². The summed E-state index contributed by atoms with van der Waals surface area (Å²) in [5.41, 5.74) is 4.75. The molecule has 36 heavy (non-hydrogen) atoms. The van der Waals surface area contributed by atoms with Crippen LogP contribution in [0.5, 0.6) is 0 Å². The van der Waals surface area contributed by atoms with Crippen molar-refractivity contribution in [1.82, 2.24) is 19.9 Å². The maximum Gasteiger partial charge on any atom is 0.0699 e. The van der Waals surface area contributed by atoms with Crippen molar-refractivity contribution in [2.24, 2.45) is 0 Å². The van der Waals surface area contributed by atoms with E-state index in [1.165, 1.54) is 63.8 Å². The minimum Gasteiger partial charge on any atom is -0.361 e. The van der Waals surface area contributed by atoms with E-state index in [9.17, 15) is 0 Å². The van der Waals surface area contributed by atoms with E-state index < -0.39 is 0 Å². The molecular formula is C30H22N4S2. The van der Waals surface area contributed by atoms with Crippen molar-refractivity contribution in [2.45, 2.75) is 0 Å². The number of aromatic nitrogens is 4. The molecule has 4 N–H and O–H groups in total. The van der Waals surface area contributed by atoms with Gasteiger partial charge in [-0.1, -0.05) is 24.3 Å². The maximum atomic E-state index is 3.22. The fourth-order valence-corrected chi connectivity index (χ4v) is 6.69. The molecule has 6 aromatic heterocycles. The fraction of sp³-hybridized carbons (Fsp3) is 0. The van der Waals surface area contributed by atoms with Crippen LogP contribution < -0.4 is 0 Å². The molecule has 0 aliphatic carbocycles. The van der Waals surface area contributed by atoms with Crippen molar-refractivity contribution in [1.29, 1.82) is 0 Å². The number of hydrogen-bond donors (Lipinski definition) is 4. The second kappa shape index (κ2) is 8.75. The molecule has 0 amide bonds. The molecule has 6 heteroatoms. The first-order chi connectivity index (χ1) is 17.8. The molecule has 3 aromatic carbocycles. The van der Waals surface area contributed by atoms with Gasteiger partial charge in [-0.2, -0.15) is 0 Å². The molecule has 0 fully saturated rings. The second-order valence-electron chi connectivity index (χ2n) is 8.67. The molecule has 4 nitrogen and oxygen atoms in total. The molecule has 0 saturated carbocycles. The van der Waals surface area contributed by atoms with Crippen molar-refractivity contribution >= 4 is 86.5 Å². The Balaban J connectivity index is 0.0000000919. The average Bonchev–Trinajstić information content (AvgIpc) is 3.74. The first-order valence-electron chi connectivity index (χ1n) is 11.7. The first kappa shape index (κ1) is 21.1. The van der Waals surface area contributed by atoms with Crippen LogP contribution in [0.3, 0.4) is 0 Å². The van der Waals surface area contributed by atoms with E-state index in [0.717, 1.165) is 0 Å². The monoisotopic (exact) mass is 502 g/mol. The summed E-state index contributed by atoms with van der Waals surface area (Å²) < 4.78 is 2.87. The Kier molecular flexibility index (Phi) is 5.12. The Morgan fingerprint density at radius 1 is 0.389 bits per heavy atom. The van der Waals surface area contributed by atoms with Crippen LogP contribution in [0, 0.1) is 0 Å². The van der Waals surface area contributed by atoms with Gasteiger partial charge < -0.3 is 19.9 Å².